The van der Waals surface area contributed by atoms with E-state index in [9.17, 15) is 0 Å². The highest BCUT2D eigenvalue weighted by Crippen LogP contribution is 2.41. The first-order valence-corrected chi connectivity index (χ1v) is 6.63. The SMILES string of the molecule is COc1cc([C@H](N)C2CCC2)cc(OC)c1Br. The van der Waals surface area contributed by atoms with E-state index in [1.165, 1.54) is 19.3 Å². The van der Waals surface area contributed by atoms with Crippen molar-refractivity contribution >= 4 is 15.9 Å². The molecule has 1 atom stereocenters. The Labute approximate surface area is 110 Å². The fourth-order valence-electron chi connectivity index (χ4n) is 2.15. The van der Waals surface area contributed by atoms with Crippen molar-refractivity contribution in [2.24, 2.45) is 11.7 Å². The summed E-state index contributed by atoms with van der Waals surface area (Å²) in [4.78, 5) is 0. The van der Waals surface area contributed by atoms with Crippen molar-refractivity contribution in [3.8, 4) is 11.5 Å². The van der Waals surface area contributed by atoms with Crippen LogP contribution < -0.4 is 15.2 Å². The van der Waals surface area contributed by atoms with Crippen LogP contribution in [-0.4, -0.2) is 14.2 Å². The highest BCUT2D eigenvalue weighted by atomic mass is 79.9. The highest BCUT2D eigenvalue weighted by molar-refractivity contribution is 9.10. The second kappa shape index (κ2) is 5.27. The Morgan fingerprint density at radius 2 is 1.76 bits per heavy atom. The van der Waals surface area contributed by atoms with E-state index >= 15 is 0 Å². The van der Waals surface area contributed by atoms with Crippen molar-refractivity contribution in [2.45, 2.75) is 25.3 Å². The zero-order valence-corrected chi connectivity index (χ0v) is 11.8. The normalized spacial score (nSPS) is 17.4. The van der Waals surface area contributed by atoms with Gasteiger partial charge in [0.25, 0.3) is 0 Å². The van der Waals surface area contributed by atoms with E-state index < -0.39 is 0 Å². The van der Waals surface area contributed by atoms with E-state index in [0.29, 0.717) is 5.92 Å². The summed E-state index contributed by atoms with van der Waals surface area (Å²) in [5, 5.41) is 0. The molecule has 4 heteroatoms. The molecule has 1 aliphatic carbocycles. The Balaban J connectivity index is 2.32. The fraction of sp³-hybridized carbons (Fsp3) is 0.538. The van der Waals surface area contributed by atoms with Crippen molar-refractivity contribution in [1.29, 1.82) is 0 Å². The average molecular weight is 300 g/mol. The van der Waals surface area contributed by atoms with Gasteiger partial charge in [0.1, 0.15) is 16.0 Å². The molecule has 2 N–H and O–H groups in total. The van der Waals surface area contributed by atoms with Gasteiger partial charge in [-0.3, -0.25) is 0 Å². The van der Waals surface area contributed by atoms with E-state index in [4.69, 9.17) is 15.2 Å². The maximum absolute atomic E-state index is 6.27. The van der Waals surface area contributed by atoms with Gasteiger partial charge in [0, 0.05) is 6.04 Å². The minimum Gasteiger partial charge on any atom is -0.495 e. The van der Waals surface area contributed by atoms with Crippen molar-refractivity contribution in [3.63, 3.8) is 0 Å². The van der Waals surface area contributed by atoms with Gasteiger partial charge in [-0.2, -0.15) is 0 Å². The number of hydrogen-bond acceptors (Lipinski definition) is 3. The third kappa shape index (κ3) is 2.43. The maximum atomic E-state index is 6.27. The van der Waals surface area contributed by atoms with Crippen LogP contribution in [0.2, 0.25) is 0 Å². The summed E-state index contributed by atoms with van der Waals surface area (Å²) in [6.07, 6.45) is 3.74. The number of ether oxygens (including phenoxy) is 2. The van der Waals surface area contributed by atoms with Crippen LogP contribution in [0, 0.1) is 5.92 Å². The van der Waals surface area contributed by atoms with Crippen molar-refractivity contribution in [3.05, 3.63) is 22.2 Å². The van der Waals surface area contributed by atoms with E-state index in [2.05, 4.69) is 15.9 Å². The molecule has 1 saturated carbocycles. The number of methoxy groups -OCH3 is 2. The van der Waals surface area contributed by atoms with Crippen LogP contribution in [0.1, 0.15) is 30.9 Å². The summed E-state index contributed by atoms with van der Waals surface area (Å²) >= 11 is 3.46. The first-order valence-electron chi connectivity index (χ1n) is 5.84. The molecule has 1 aromatic rings. The van der Waals surface area contributed by atoms with Gasteiger partial charge < -0.3 is 15.2 Å². The van der Waals surface area contributed by atoms with Crippen LogP contribution in [0.3, 0.4) is 0 Å². The van der Waals surface area contributed by atoms with Crippen LogP contribution >= 0.6 is 15.9 Å². The average Bonchev–Trinajstić information content (AvgIpc) is 2.27. The molecule has 0 spiro atoms. The van der Waals surface area contributed by atoms with E-state index in [0.717, 1.165) is 21.5 Å². The first-order chi connectivity index (χ1) is 8.17. The van der Waals surface area contributed by atoms with Crippen molar-refractivity contribution in [1.82, 2.24) is 0 Å². The van der Waals surface area contributed by atoms with Gasteiger partial charge in [-0.05, 0) is 52.4 Å². The second-order valence-electron chi connectivity index (χ2n) is 4.46. The van der Waals surface area contributed by atoms with Gasteiger partial charge in [-0.15, -0.1) is 0 Å². The topological polar surface area (TPSA) is 44.5 Å². The largest absolute Gasteiger partial charge is 0.495 e. The summed E-state index contributed by atoms with van der Waals surface area (Å²) in [5.74, 6) is 2.15. The smallest absolute Gasteiger partial charge is 0.137 e. The summed E-state index contributed by atoms with van der Waals surface area (Å²) in [6, 6.07) is 4.07. The second-order valence-corrected chi connectivity index (χ2v) is 5.25. The standard InChI is InChI=1S/C13H18BrNO2/c1-16-10-6-9(7-11(17-2)12(10)14)13(15)8-4-3-5-8/h6-8,13H,3-5,15H2,1-2H3/t13-/m1/s1. The lowest BCUT2D eigenvalue weighted by Gasteiger charge is -2.31. The lowest BCUT2D eigenvalue weighted by atomic mass is 9.77. The van der Waals surface area contributed by atoms with Crippen LogP contribution in [0.15, 0.2) is 16.6 Å². The molecule has 94 valence electrons. The molecule has 3 nitrogen and oxygen atoms in total. The molecule has 0 amide bonds. The zero-order chi connectivity index (χ0) is 12.4. The zero-order valence-electron chi connectivity index (χ0n) is 10.2. The molecule has 1 fully saturated rings. The molecule has 1 aromatic carbocycles. The number of halogens is 1. The first kappa shape index (κ1) is 12.7. The molecule has 2 rings (SSSR count). The van der Waals surface area contributed by atoms with Gasteiger partial charge in [0.2, 0.25) is 0 Å². The molecule has 0 radical (unpaired) electrons. The van der Waals surface area contributed by atoms with Gasteiger partial charge >= 0.3 is 0 Å². The van der Waals surface area contributed by atoms with E-state index in [1.54, 1.807) is 14.2 Å². The Hall–Kier alpha value is -0.740. The van der Waals surface area contributed by atoms with Gasteiger partial charge in [-0.25, -0.2) is 0 Å². The number of benzene rings is 1. The van der Waals surface area contributed by atoms with Gasteiger partial charge in [0.05, 0.1) is 14.2 Å². The highest BCUT2D eigenvalue weighted by Gasteiger charge is 2.26. The Kier molecular flexibility index (Phi) is 3.94. The molecule has 0 unspecified atom stereocenters. The summed E-state index contributed by atoms with van der Waals surface area (Å²) < 4.78 is 11.5. The van der Waals surface area contributed by atoms with Crippen LogP contribution in [0.4, 0.5) is 0 Å². The predicted octanol–water partition coefficient (Wildman–Crippen LogP) is 3.27. The summed E-state index contributed by atoms with van der Waals surface area (Å²) in [7, 11) is 3.30. The Bertz CT molecular complexity index is 379. The number of hydrogen-bond donors (Lipinski definition) is 1. The fourth-order valence-corrected chi connectivity index (χ4v) is 2.71. The predicted molar refractivity (Wildman–Crippen MR) is 71.5 cm³/mol. The third-order valence-corrected chi connectivity index (χ3v) is 4.29. The van der Waals surface area contributed by atoms with Gasteiger partial charge in [0.15, 0.2) is 0 Å². The van der Waals surface area contributed by atoms with Crippen LogP contribution in [0.5, 0.6) is 11.5 Å². The monoisotopic (exact) mass is 299 g/mol. The Morgan fingerprint density at radius 3 is 2.12 bits per heavy atom. The minimum absolute atomic E-state index is 0.0830. The number of nitrogens with two attached hydrogens (primary N) is 1. The van der Waals surface area contributed by atoms with Crippen molar-refractivity contribution < 1.29 is 9.47 Å². The van der Waals surface area contributed by atoms with Crippen LogP contribution in [0.25, 0.3) is 0 Å². The number of rotatable bonds is 4. The maximum Gasteiger partial charge on any atom is 0.137 e. The summed E-state index contributed by atoms with van der Waals surface area (Å²) in [5.41, 5.74) is 7.36. The molecule has 0 bridgehead atoms. The molecule has 1 aliphatic rings. The molecular formula is C13H18BrNO2. The van der Waals surface area contributed by atoms with Crippen LogP contribution in [-0.2, 0) is 0 Å². The molecule has 0 heterocycles. The van der Waals surface area contributed by atoms with Gasteiger partial charge in [-0.1, -0.05) is 6.42 Å². The molecular weight excluding hydrogens is 282 g/mol. The van der Waals surface area contributed by atoms with E-state index in [1.807, 2.05) is 12.1 Å². The van der Waals surface area contributed by atoms with E-state index in [-0.39, 0.29) is 6.04 Å². The van der Waals surface area contributed by atoms with Crippen molar-refractivity contribution in [2.75, 3.05) is 14.2 Å². The lowest BCUT2D eigenvalue weighted by Crippen LogP contribution is -2.26. The molecule has 0 saturated heterocycles. The molecule has 17 heavy (non-hydrogen) atoms. The minimum atomic E-state index is 0.0830. The molecule has 0 aliphatic heterocycles. The third-order valence-electron chi connectivity index (χ3n) is 3.51. The summed E-state index contributed by atoms with van der Waals surface area (Å²) in [6.45, 7) is 0. The Morgan fingerprint density at radius 1 is 1.24 bits per heavy atom. The quantitative estimate of drug-likeness (QED) is 0.928. The molecule has 0 aromatic heterocycles. The lowest BCUT2D eigenvalue weighted by molar-refractivity contribution is 0.263.